The van der Waals surface area contributed by atoms with Crippen molar-refractivity contribution in [2.75, 3.05) is 31.1 Å². The minimum atomic E-state index is -0.563. The number of β-amino-alcohol motifs (C(OH)–C–C–N with tert-alkyl or cyclic N) is 1. The number of amides is 1. The number of aliphatic hydroxyl groups is 1. The highest BCUT2D eigenvalue weighted by Gasteiger charge is 2.29. The molecule has 0 bridgehead atoms. The second-order valence-electron chi connectivity index (χ2n) is 9.94. The normalized spacial score (nSPS) is 18.2. The maximum absolute atomic E-state index is 15.1. The molecule has 0 radical (unpaired) electrons. The second-order valence-corrected chi connectivity index (χ2v) is 9.94. The van der Waals surface area contributed by atoms with Gasteiger partial charge in [0, 0.05) is 62.7 Å². The Morgan fingerprint density at radius 3 is 2.79 bits per heavy atom. The Bertz CT molecular complexity index is 1430. The molecule has 10 nitrogen and oxygen atoms in total. The summed E-state index contributed by atoms with van der Waals surface area (Å²) in [5.41, 5.74) is 8.31. The fourth-order valence-electron chi connectivity index (χ4n) is 5.23. The molecule has 1 saturated heterocycles. The monoisotopic (exact) mass is 520 g/mol. The molecule has 0 unspecified atom stereocenters. The first-order chi connectivity index (χ1) is 18.3. The number of aryl methyl sites for hydroxylation is 1. The lowest BCUT2D eigenvalue weighted by Gasteiger charge is -2.35. The molecular weight excluding hydrogens is 487 g/mol. The average molecular weight is 521 g/mol. The van der Waals surface area contributed by atoms with Gasteiger partial charge in [0.25, 0.3) is 0 Å². The maximum atomic E-state index is 15.1. The molecule has 200 valence electrons. The first-order valence-electron chi connectivity index (χ1n) is 12.8. The number of carbonyl (C=O) groups excluding carboxylic acids is 1. The van der Waals surface area contributed by atoms with E-state index >= 15 is 4.39 Å². The summed E-state index contributed by atoms with van der Waals surface area (Å²) in [6, 6.07) is 7.25. The zero-order chi connectivity index (χ0) is 26.8. The van der Waals surface area contributed by atoms with Gasteiger partial charge in [0.15, 0.2) is 0 Å². The van der Waals surface area contributed by atoms with Gasteiger partial charge >= 0.3 is 0 Å². The number of rotatable bonds is 9. The lowest BCUT2D eigenvalue weighted by Crippen LogP contribution is -2.47. The lowest BCUT2D eigenvalue weighted by molar-refractivity contribution is -0.120. The Hall–Kier alpha value is -3.83. The van der Waals surface area contributed by atoms with E-state index in [1.807, 2.05) is 58.9 Å². The predicted molar refractivity (Wildman–Crippen MR) is 143 cm³/mol. The zero-order valence-corrected chi connectivity index (χ0v) is 21.7. The Balaban J connectivity index is 1.33. The topological polar surface area (TPSA) is 118 Å². The van der Waals surface area contributed by atoms with Crippen LogP contribution in [0.1, 0.15) is 18.9 Å². The third-order valence-electron chi connectivity index (χ3n) is 7.28. The Kier molecular flexibility index (Phi) is 7.39. The number of hydrogen-bond donors (Lipinski definition) is 2. The molecule has 5 rings (SSSR count). The van der Waals surface area contributed by atoms with Crippen molar-refractivity contribution < 1.29 is 14.3 Å². The van der Waals surface area contributed by atoms with Crippen LogP contribution in [0.3, 0.4) is 0 Å². The number of likely N-dealkylation sites (tertiary alicyclic amines) is 1. The number of piperidine rings is 1. The van der Waals surface area contributed by atoms with Crippen molar-refractivity contribution in [2.24, 2.45) is 18.7 Å². The molecule has 1 aliphatic heterocycles. The van der Waals surface area contributed by atoms with Crippen molar-refractivity contribution in [1.82, 2.24) is 29.2 Å². The van der Waals surface area contributed by atoms with E-state index in [2.05, 4.69) is 15.1 Å². The molecule has 1 aromatic carbocycles. The summed E-state index contributed by atoms with van der Waals surface area (Å²) in [5, 5.41) is 15.7. The fraction of sp³-hybridized carbons (Fsp3) is 0.407. The van der Waals surface area contributed by atoms with Crippen LogP contribution in [-0.4, -0.2) is 72.5 Å². The van der Waals surface area contributed by atoms with E-state index in [4.69, 9.17) is 5.73 Å². The molecule has 3 aromatic heterocycles. The van der Waals surface area contributed by atoms with Gasteiger partial charge in [-0.05, 0) is 37.6 Å². The summed E-state index contributed by atoms with van der Waals surface area (Å²) in [5.74, 6) is 0.108. The van der Waals surface area contributed by atoms with Crippen LogP contribution in [0.15, 0.2) is 49.2 Å². The Labute approximate surface area is 220 Å². The van der Waals surface area contributed by atoms with E-state index in [0.29, 0.717) is 38.3 Å². The maximum Gasteiger partial charge on any atom is 0.231 e. The Morgan fingerprint density at radius 2 is 2.11 bits per heavy atom. The molecule has 4 aromatic rings. The molecule has 0 spiro atoms. The van der Waals surface area contributed by atoms with Crippen LogP contribution >= 0.6 is 0 Å². The summed E-state index contributed by atoms with van der Waals surface area (Å²) >= 11 is 0. The quantitative estimate of drug-likeness (QED) is 0.347. The molecule has 11 heteroatoms. The third kappa shape index (κ3) is 5.39. The average Bonchev–Trinajstić information content (AvgIpc) is 3.51. The van der Waals surface area contributed by atoms with Crippen LogP contribution in [0.25, 0.3) is 22.2 Å². The number of nitrogens with zero attached hydrogens (tertiary/aromatic N) is 7. The van der Waals surface area contributed by atoms with Gasteiger partial charge in [-0.2, -0.15) is 5.10 Å². The fourth-order valence-corrected chi connectivity index (χ4v) is 5.23. The minimum absolute atomic E-state index is 0.0304. The first kappa shape index (κ1) is 25.8. The molecule has 2 atom stereocenters. The number of aliphatic hydroxyl groups excluding tert-OH is 1. The van der Waals surface area contributed by atoms with Crippen LogP contribution in [0.5, 0.6) is 0 Å². The summed E-state index contributed by atoms with van der Waals surface area (Å²) < 4.78 is 18.9. The third-order valence-corrected chi connectivity index (χ3v) is 7.28. The summed E-state index contributed by atoms with van der Waals surface area (Å²) in [4.78, 5) is 24.2. The van der Waals surface area contributed by atoms with Crippen LogP contribution in [-0.2, 0) is 24.9 Å². The van der Waals surface area contributed by atoms with E-state index in [0.717, 1.165) is 34.4 Å². The number of aromatic nitrogens is 5. The molecule has 1 amide bonds. The molecule has 3 N–H and O–H groups in total. The first-order valence-corrected chi connectivity index (χ1v) is 12.8. The van der Waals surface area contributed by atoms with Crippen molar-refractivity contribution >= 4 is 22.8 Å². The van der Waals surface area contributed by atoms with Gasteiger partial charge in [-0.3, -0.25) is 14.4 Å². The lowest BCUT2D eigenvalue weighted by atomic mass is 9.93. The smallest absolute Gasteiger partial charge is 0.231 e. The summed E-state index contributed by atoms with van der Waals surface area (Å²) in [6.45, 7) is 4.90. The molecule has 0 aliphatic carbocycles. The van der Waals surface area contributed by atoms with Crippen molar-refractivity contribution in [3.63, 3.8) is 0 Å². The number of fused-ring (bicyclic) bond motifs is 1. The highest BCUT2D eigenvalue weighted by molar-refractivity contribution is 5.87. The van der Waals surface area contributed by atoms with Gasteiger partial charge in [0.1, 0.15) is 23.6 Å². The number of nitrogens with two attached hydrogens (primary N) is 1. The van der Waals surface area contributed by atoms with Gasteiger partial charge in [-0.15, -0.1) is 0 Å². The number of anilines is 1. The van der Waals surface area contributed by atoms with Gasteiger partial charge < -0.3 is 20.3 Å². The number of benzene rings is 1. The molecule has 1 aliphatic rings. The van der Waals surface area contributed by atoms with Crippen LogP contribution in [0.4, 0.5) is 10.2 Å². The number of carbonyl (C=O) groups is 1. The zero-order valence-electron chi connectivity index (χ0n) is 21.7. The van der Waals surface area contributed by atoms with Gasteiger partial charge in [-0.25, -0.2) is 14.4 Å². The van der Waals surface area contributed by atoms with Crippen molar-refractivity contribution in [3.8, 4) is 11.1 Å². The Morgan fingerprint density at radius 1 is 1.26 bits per heavy atom. The molecule has 0 saturated carbocycles. The van der Waals surface area contributed by atoms with Crippen molar-refractivity contribution in [1.29, 1.82) is 0 Å². The largest absolute Gasteiger partial charge is 0.391 e. The number of halogens is 1. The van der Waals surface area contributed by atoms with Crippen LogP contribution in [0.2, 0.25) is 0 Å². The van der Waals surface area contributed by atoms with Crippen molar-refractivity contribution in [2.45, 2.75) is 32.5 Å². The predicted octanol–water partition coefficient (Wildman–Crippen LogP) is 2.17. The van der Waals surface area contributed by atoms with Gasteiger partial charge in [0.05, 0.1) is 24.2 Å². The number of primary amides is 1. The minimum Gasteiger partial charge on any atom is -0.391 e. The van der Waals surface area contributed by atoms with Crippen molar-refractivity contribution in [3.05, 3.63) is 60.6 Å². The van der Waals surface area contributed by atoms with E-state index in [9.17, 15) is 9.90 Å². The molecule has 1 fully saturated rings. The van der Waals surface area contributed by atoms with Gasteiger partial charge in [-0.1, -0.05) is 12.1 Å². The summed E-state index contributed by atoms with van der Waals surface area (Å²) in [7, 11) is 1.83. The standard InChI is InChI=1S/C27H33FN8O2/c1-3-35(13-19-5-4-18(10-23(19)28)21-11-32-33(2)12-21)26-22-7-9-36(27(22)31-17-30-26)14-20-6-8-34(15-24(20)37)16-25(29)38/h4-5,7,9-12,17,20,24,37H,3,6,8,13-16H2,1-2H3,(H2,29,38)/t20-,24+/m0/s1. The van der Waals surface area contributed by atoms with E-state index in [-0.39, 0.29) is 24.2 Å². The molecule has 38 heavy (non-hydrogen) atoms. The highest BCUT2D eigenvalue weighted by atomic mass is 19.1. The SMILES string of the molecule is CCN(Cc1ccc(-c2cnn(C)c2)cc1F)c1ncnc2c1ccn2C[C@@H]1CCN(CC(N)=O)C[C@H]1O. The van der Waals surface area contributed by atoms with E-state index < -0.39 is 6.10 Å². The number of hydrogen-bond acceptors (Lipinski definition) is 7. The van der Waals surface area contributed by atoms with E-state index in [1.54, 1.807) is 16.9 Å². The van der Waals surface area contributed by atoms with E-state index in [1.165, 1.54) is 6.33 Å². The molecule has 4 heterocycles. The van der Waals surface area contributed by atoms with Crippen LogP contribution in [0, 0.1) is 11.7 Å². The van der Waals surface area contributed by atoms with Gasteiger partial charge in [0.2, 0.25) is 5.91 Å². The summed E-state index contributed by atoms with van der Waals surface area (Å²) in [6.07, 6.45) is 7.26. The highest BCUT2D eigenvalue weighted by Crippen LogP contribution is 2.29. The second kappa shape index (κ2) is 10.9. The molecular formula is C27H33FN8O2. The van der Waals surface area contributed by atoms with Crippen LogP contribution < -0.4 is 10.6 Å².